The third kappa shape index (κ3) is 3.20. The van der Waals surface area contributed by atoms with Gasteiger partial charge >= 0.3 is 6.01 Å². The summed E-state index contributed by atoms with van der Waals surface area (Å²) in [6, 6.07) is 0.746. The number of nitrogens with zero attached hydrogens (tertiary/aromatic N) is 3. The summed E-state index contributed by atoms with van der Waals surface area (Å²) >= 11 is 0. The van der Waals surface area contributed by atoms with Gasteiger partial charge in [0.15, 0.2) is 0 Å². The number of aromatic nitrogens is 2. The zero-order valence-electron chi connectivity index (χ0n) is 10.7. The van der Waals surface area contributed by atoms with Gasteiger partial charge in [-0.25, -0.2) is 0 Å². The Labute approximate surface area is 97.2 Å². The van der Waals surface area contributed by atoms with E-state index >= 15 is 0 Å². The predicted octanol–water partition coefficient (Wildman–Crippen LogP) is 1.98. The Kier molecular flexibility index (Phi) is 5.25. The molecule has 1 unspecified atom stereocenters. The summed E-state index contributed by atoms with van der Waals surface area (Å²) in [5, 5.41) is 11.4. The Balaban J connectivity index is 2.68. The van der Waals surface area contributed by atoms with Crippen LogP contribution < -0.4 is 10.2 Å². The van der Waals surface area contributed by atoms with Gasteiger partial charge in [-0.05, 0) is 26.8 Å². The van der Waals surface area contributed by atoms with E-state index < -0.39 is 0 Å². The van der Waals surface area contributed by atoms with Gasteiger partial charge in [-0.2, -0.15) is 0 Å². The molecule has 0 spiro atoms. The van der Waals surface area contributed by atoms with Crippen LogP contribution in [0.15, 0.2) is 4.42 Å². The summed E-state index contributed by atoms with van der Waals surface area (Å²) in [5.41, 5.74) is 0. The highest BCUT2D eigenvalue weighted by Crippen LogP contribution is 2.17. The van der Waals surface area contributed by atoms with E-state index in [9.17, 15) is 0 Å². The SMILES string of the molecule is CCCN(CC)c1nnc(C(C)NCC)o1. The Hall–Kier alpha value is -1.10. The Morgan fingerprint density at radius 1 is 1.31 bits per heavy atom. The second-order valence-electron chi connectivity index (χ2n) is 3.78. The zero-order valence-corrected chi connectivity index (χ0v) is 10.7. The monoisotopic (exact) mass is 226 g/mol. The summed E-state index contributed by atoms with van der Waals surface area (Å²) in [7, 11) is 0. The van der Waals surface area contributed by atoms with E-state index in [2.05, 4.69) is 41.2 Å². The van der Waals surface area contributed by atoms with Crippen molar-refractivity contribution in [3.05, 3.63) is 5.89 Å². The van der Waals surface area contributed by atoms with Gasteiger partial charge in [0.2, 0.25) is 5.89 Å². The predicted molar refractivity (Wildman–Crippen MR) is 64.6 cm³/mol. The summed E-state index contributed by atoms with van der Waals surface area (Å²) in [4.78, 5) is 2.09. The maximum absolute atomic E-state index is 5.64. The summed E-state index contributed by atoms with van der Waals surface area (Å²) < 4.78 is 5.64. The van der Waals surface area contributed by atoms with Crippen molar-refractivity contribution in [1.82, 2.24) is 15.5 Å². The van der Waals surface area contributed by atoms with Crippen LogP contribution in [0.4, 0.5) is 6.01 Å². The van der Waals surface area contributed by atoms with Gasteiger partial charge in [0.05, 0.1) is 6.04 Å². The second kappa shape index (κ2) is 6.48. The number of hydrogen-bond acceptors (Lipinski definition) is 5. The van der Waals surface area contributed by atoms with Crippen molar-refractivity contribution in [2.75, 3.05) is 24.5 Å². The van der Waals surface area contributed by atoms with Crippen molar-refractivity contribution in [1.29, 1.82) is 0 Å². The Morgan fingerprint density at radius 3 is 2.62 bits per heavy atom. The lowest BCUT2D eigenvalue weighted by atomic mass is 10.3. The Morgan fingerprint density at radius 2 is 2.06 bits per heavy atom. The van der Waals surface area contributed by atoms with Crippen molar-refractivity contribution in [2.45, 2.75) is 40.2 Å². The molecule has 0 radical (unpaired) electrons. The van der Waals surface area contributed by atoms with Gasteiger partial charge in [-0.3, -0.25) is 0 Å². The molecule has 1 atom stereocenters. The summed E-state index contributed by atoms with van der Waals surface area (Å²) in [6.45, 7) is 11.1. The molecule has 0 fully saturated rings. The minimum Gasteiger partial charge on any atom is -0.406 e. The normalized spacial score (nSPS) is 12.8. The molecule has 0 aliphatic carbocycles. The fraction of sp³-hybridized carbons (Fsp3) is 0.818. The van der Waals surface area contributed by atoms with Crippen molar-refractivity contribution < 1.29 is 4.42 Å². The van der Waals surface area contributed by atoms with E-state index in [-0.39, 0.29) is 6.04 Å². The molecule has 0 saturated heterocycles. The van der Waals surface area contributed by atoms with E-state index in [4.69, 9.17) is 4.42 Å². The van der Waals surface area contributed by atoms with Crippen LogP contribution in [0.5, 0.6) is 0 Å². The van der Waals surface area contributed by atoms with E-state index in [1.54, 1.807) is 0 Å². The molecule has 0 aliphatic heterocycles. The number of hydrogen-bond donors (Lipinski definition) is 1. The molecule has 16 heavy (non-hydrogen) atoms. The molecule has 1 aromatic rings. The maximum atomic E-state index is 5.64. The molecular weight excluding hydrogens is 204 g/mol. The molecular formula is C11H22N4O. The fourth-order valence-corrected chi connectivity index (χ4v) is 1.58. The van der Waals surface area contributed by atoms with E-state index in [0.29, 0.717) is 11.9 Å². The van der Waals surface area contributed by atoms with Crippen LogP contribution in [0.2, 0.25) is 0 Å². The van der Waals surface area contributed by atoms with E-state index in [1.807, 2.05) is 6.92 Å². The van der Waals surface area contributed by atoms with Crippen LogP contribution in [0.1, 0.15) is 46.0 Å². The van der Waals surface area contributed by atoms with Gasteiger partial charge in [0.25, 0.3) is 0 Å². The molecule has 0 aliphatic rings. The number of rotatable bonds is 7. The van der Waals surface area contributed by atoms with Gasteiger partial charge < -0.3 is 14.6 Å². The zero-order chi connectivity index (χ0) is 12.0. The molecule has 5 heteroatoms. The highest BCUT2D eigenvalue weighted by molar-refractivity contribution is 5.23. The second-order valence-corrected chi connectivity index (χ2v) is 3.78. The third-order valence-corrected chi connectivity index (χ3v) is 2.46. The van der Waals surface area contributed by atoms with Crippen molar-refractivity contribution in [3.63, 3.8) is 0 Å². The van der Waals surface area contributed by atoms with Crippen LogP contribution in [-0.2, 0) is 0 Å². The van der Waals surface area contributed by atoms with Gasteiger partial charge in [0, 0.05) is 13.1 Å². The van der Waals surface area contributed by atoms with Crippen molar-refractivity contribution >= 4 is 6.01 Å². The van der Waals surface area contributed by atoms with Crippen LogP contribution in [0, 0.1) is 0 Å². The van der Waals surface area contributed by atoms with Gasteiger partial charge in [-0.1, -0.05) is 18.9 Å². The largest absolute Gasteiger partial charge is 0.406 e. The smallest absolute Gasteiger partial charge is 0.318 e. The van der Waals surface area contributed by atoms with E-state index in [0.717, 1.165) is 26.1 Å². The highest BCUT2D eigenvalue weighted by Gasteiger charge is 2.15. The lowest BCUT2D eigenvalue weighted by molar-refractivity contribution is 0.419. The lowest BCUT2D eigenvalue weighted by Crippen LogP contribution is -2.23. The van der Waals surface area contributed by atoms with Gasteiger partial charge in [-0.15, -0.1) is 5.10 Å². The van der Waals surface area contributed by atoms with Crippen molar-refractivity contribution in [3.8, 4) is 0 Å². The first kappa shape index (κ1) is 13.0. The van der Waals surface area contributed by atoms with E-state index in [1.165, 1.54) is 0 Å². The molecule has 1 heterocycles. The minimum atomic E-state index is 0.117. The number of nitrogens with one attached hydrogen (secondary N) is 1. The summed E-state index contributed by atoms with van der Waals surface area (Å²) in [6.07, 6.45) is 1.08. The van der Waals surface area contributed by atoms with Crippen molar-refractivity contribution in [2.24, 2.45) is 0 Å². The molecule has 0 bridgehead atoms. The maximum Gasteiger partial charge on any atom is 0.318 e. The van der Waals surface area contributed by atoms with Crippen LogP contribution in [-0.4, -0.2) is 29.8 Å². The highest BCUT2D eigenvalue weighted by atomic mass is 16.4. The van der Waals surface area contributed by atoms with Gasteiger partial charge in [0.1, 0.15) is 0 Å². The van der Waals surface area contributed by atoms with Crippen LogP contribution in [0.3, 0.4) is 0 Å². The third-order valence-electron chi connectivity index (χ3n) is 2.46. The average Bonchev–Trinajstić information content (AvgIpc) is 2.75. The molecule has 1 N–H and O–H groups in total. The molecule has 1 aromatic heterocycles. The fourth-order valence-electron chi connectivity index (χ4n) is 1.58. The first-order valence-electron chi connectivity index (χ1n) is 6.04. The Bertz CT molecular complexity index is 300. The number of anilines is 1. The molecule has 92 valence electrons. The first-order valence-corrected chi connectivity index (χ1v) is 6.04. The molecule has 0 saturated carbocycles. The average molecular weight is 226 g/mol. The quantitative estimate of drug-likeness (QED) is 0.770. The minimum absolute atomic E-state index is 0.117. The topological polar surface area (TPSA) is 54.2 Å². The van der Waals surface area contributed by atoms with Crippen LogP contribution in [0.25, 0.3) is 0 Å². The molecule has 1 rings (SSSR count). The lowest BCUT2D eigenvalue weighted by Gasteiger charge is -2.16. The first-order chi connectivity index (χ1) is 7.72. The molecule has 0 amide bonds. The van der Waals surface area contributed by atoms with Crippen LogP contribution >= 0.6 is 0 Å². The molecule has 0 aromatic carbocycles. The standard InChI is InChI=1S/C11H22N4O/c1-5-8-15(7-3)11-14-13-10(16-11)9(4)12-6-2/h9,12H,5-8H2,1-4H3. The molecule has 5 nitrogen and oxygen atoms in total. The summed E-state index contributed by atoms with van der Waals surface area (Å²) in [5.74, 6) is 0.659.